The minimum absolute atomic E-state index is 0.117. The quantitative estimate of drug-likeness (QED) is 0.142. The summed E-state index contributed by atoms with van der Waals surface area (Å²) in [7, 11) is 1.61. The summed E-state index contributed by atoms with van der Waals surface area (Å²) in [6.07, 6.45) is 0.234. The maximum absolute atomic E-state index is 14.1. The second-order valence-corrected chi connectivity index (χ2v) is 10.7. The molecule has 0 fully saturated rings. The molecule has 4 rings (SSSR count). The molecular weight excluding hydrogens is 551 g/mol. The molecule has 0 aliphatic rings. The van der Waals surface area contributed by atoms with Gasteiger partial charge in [-0.1, -0.05) is 121 Å². The van der Waals surface area contributed by atoms with E-state index in [1.807, 2.05) is 109 Å². The van der Waals surface area contributed by atoms with Crippen molar-refractivity contribution in [2.45, 2.75) is 30.9 Å². The van der Waals surface area contributed by atoms with Gasteiger partial charge in [0.25, 0.3) is 0 Å². The lowest BCUT2D eigenvalue weighted by Gasteiger charge is -2.36. The fraction of sp³-hybridized carbons (Fsp3) is 0.257. The van der Waals surface area contributed by atoms with E-state index in [4.69, 9.17) is 22.1 Å². The minimum Gasteiger partial charge on any atom is -0.444 e. The van der Waals surface area contributed by atoms with Crippen molar-refractivity contribution < 1.29 is 18.7 Å². The van der Waals surface area contributed by atoms with E-state index in [0.717, 1.165) is 5.56 Å². The maximum atomic E-state index is 14.1. The molecule has 0 aliphatic carbocycles. The van der Waals surface area contributed by atoms with Crippen LogP contribution < -0.4 is 5.73 Å². The van der Waals surface area contributed by atoms with E-state index in [0.29, 0.717) is 28.1 Å². The van der Waals surface area contributed by atoms with Gasteiger partial charge < -0.3 is 15.4 Å². The second-order valence-electron chi connectivity index (χ2n) is 10.3. The van der Waals surface area contributed by atoms with Crippen LogP contribution in [0.4, 0.5) is 4.39 Å². The summed E-state index contributed by atoms with van der Waals surface area (Å²) >= 11 is 6.78. The summed E-state index contributed by atoms with van der Waals surface area (Å²) in [6, 6.07) is 35.2. The van der Waals surface area contributed by atoms with Crippen molar-refractivity contribution in [3.63, 3.8) is 0 Å². The third-order valence-electron chi connectivity index (χ3n) is 7.58. The lowest BCUT2D eigenvalue weighted by atomic mass is 9.80. The van der Waals surface area contributed by atoms with Gasteiger partial charge in [0.1, 0.15) is 0 Å². The number of ether oxygens (including phenoxy) is 1. The summed E-state index contributed by atoms with van der Waals surface area (Å²) in [6.45, 7) is -0.480. The molecule has 2 atom stereocenters. The molecule has 7 heteroatoms. The third kappa shape index (κ3) is 7.07. The van der Waals surface area contributed by atoms with Gasteiger partial charge in [0.15, 0.2) is 5.60 Å². The Morgan fingerprint density at radius 3 is 1.90 bits per heavy atom. The Labute approximate surface area is 252 Å². The number of hydrogen-bond acceptors (Lipinski definition) is 4. The van der Waals surface area contributed by atoms with Crippen molar-refractivity contribution >= 4 is 23.5 Å². The fourth-order valence-corrected chi connectivity index (χ4v) is 5.63. The normalized spacial score (nSPS) is 12.8. The van der Waals surface area contributed by atoms with Crippen molar-refractivity contribution in [1.82, 2.24) is 4.90 Å². The van der Waals surface area contributed by atoms with Gasteiger partial charge >= 0.3 is 5.97 Å². The Hall–Kier alpha value is -4.00. The number of hydrogen-bond donors (Lipinski definition) is 1. The van der Waals surface area contributed by atoms with Crippen LogP contribution in [0.1, 0.15) is 35.1 Å². The molecule has 4 aromatic rings. The van der Waals surface area contributed by atoms with Crippen LogP contribution in [0.2, 0.25) is 5.02 Å². The molecule has 2 N–H and O–H groups in total. The zero-order valence-corrected chi connectivity index (χ0v) is 24.4. The number of halogens is 2. The van der Waals surface area contributed by atoms with E-state index in [1.54, 1.807) is 13.1 Å². The van der Waals surface area contributed by atoms with Crippen LogP contribution in [0.3, 0.4) is 0 Å². The highest BCUT2D eigenvalue weighted by atomic mass is 35.5. The molecule has 0 saturated carbocycles. The lowest BCUT2D eigenvalue weighted by molar-refractivity contribution is -0.157. The molecule has 5 nitrogen and oxygen atoms in total. The Morgan fingerprint density at radius 1 is 0.857 bits per heavy atom. The SMILES string of the molecule is CN(C(=O)[C@@H](CC(=O)OC(c1ccccc1)(c1ccccc1)c1ccccc1Cl)Cc1ccccc1)[C@H](CN)CCF. The standard InChI is InChI=1S/C35H36ClFN2O3/c1-39(30(25-38)21-22-37)34(41)27(23-26-13-5-2-6-14-26)24-33(40)42-35(28-15-7-3-8-16-28,29-17-9-4-10-18-29)31-19-11-12-20-32(31)36/h2-20,27,30H,21-25,38H2,1H3/t27-,30+/m1/s1. The molecule has 1 amide bonds. The predicted molar refractivity (Wildman–Crippen MR) is 165 cm³/mol. The fourth-order valence-electron chi connectivity index (χ4n) is 5.37. The highest BCUT2D eigenvalue weighted by molar-refractivity contribution is 6.31. The first-order valence-corrected chi connectivity index (χ1v) is 14.4. The Kier molecular flexibility index (Phi) is 10.9. The highest BCUT2D eigenvalue weighted by Gasteiger charge is 2.43. The Morgan fingerprint density at radius 2 is 1.38 bits per heavy atom. The number of carbonyl (C=O) groups excluding carboxylic acids is 2. The van der Waals surface area contributed by atoms with Crippen LogP contribution in [-0.4, -0.2) is 43.1 Å². The summed E-state index contributed by atoms with van der Waals surface area (Å²) in [5.41, 5.74) is 7.43. The van der Waals surface area contributed by atoms with Gasteiger partial charge in [0, 0.05) is 41.3 Å². The average molecular weight is 587 g/mol. The molecule has 0 bridgehead atoms. The van der Waals surface area contributed by atoms with Crippen LogP contribution in [0.5, 0.6) is 0 Å². The molecule has 218 valence electrons. The van der Waals surface area contributed by atoms with E-state index in [9.17, 15) is 14.0 Å². The summed E-state index contributed by atoms with van der Waals surface area (Å²) in [4.78, 5) is 29.3. The van der Waals surface area contributed by atoms with Gasteiger partial charge in [-0.3, -0.25) is 14.0 Å². The maximum Gasteiger partial charge on any atom is 0.308 e. The first kappa shape index (κ1) is 30.9. The molecule has 0 unspecified atom stereocenters. The molecule has 4 aromatic carbocycles. The molecule has 0 aromatic heterocycles. The number of nitrogens with two attached hydrogens (primary N) is 1. The van der Waals surface area contributed by atoms with Gasteiger partial charge in [-0.05, 0) is 24.5 Å². The van der Waals surface area contributed by atoms with Crippen LogP contribution in [0, 0.1) is 5.92 Å². The number of benzene rings is 4. The van der Waals surface area contributed by atoms with E-state index in [1.165, 1.54) is 4.90 Å². The molecular formula is C35H36ClFN2O3. The molecule has 0 spiro atoms. The summed E-state index contributed by atoms with van der Waals surface area (Å²) < 4.78 is 19.8. The smallest absolute Gasteiger partial charge is 0.308 e. The van der Waals surface area contributed by atoms with Crippen LogP contribution >= 0.6 is 11.6 Å². The van der Waals surface area contributed by atoms with Gasteiger partial charge in [0.05, 0.1) is 19.0 Å². The largest absolute Gasteiger partial charge is 0.444 e. The molecule has 42 heavy (non-hydrogen) atoms. The number of amides is 1. The van der Waals surface area contributed by atoms with Crippen molar-refractivity contribution in [3.05, 3.63) is 143 Å². The first-order chi connectivity index (χ1) is 20.4. The molecule has 0 aliphatic heterocycles. The monoisotopic (exact) mass is 586 g/mol. The number of rotatable bonds is 13. The van der Waals surface area contributed by atoms with Gasteiger partial charge in [-0.2, -0.15) is 0 Å². The average Bonchev–Trinajstić information content (AvgIpc) is 3.03. The van der Waals surface area contributed by atoms with E-state index in [-0.39, 0.29) is 25.3 Å². The first-order valence-electron chi connectivity index (χ1n) is 14.0. The number of esters is 1. The van der Waals surface area contributed by atoms with Crippen LogP contribution in [-0.2, 0) is 26.3 Å². The number of carbonyl (C=O) groups is 2. The third-order valence-corrected chi connectivity index (χ3v) is 7.91. The van der Waals surface area contributed by atoms with Crippen molar-refractivity contribution in [2.24, 2.45) is 11.7 Å². The topological polar surface area (TPSA) is 72.6 Å². The Bertz CT molecular complexity index is 1400. The summed E-state index contributed by atoms with van der Waals surface area (Å²) in [5.74, 6) is -1.61. The zero-order chi connectivity index (χ0) is 30.0. The van der Waals surface area contributed by atoms with Gasteiger partial charge in [0.2, 0.25) is 5.91 Å². The van der Waals surface area contributed by atoms with E-state index < -0.39 is 30.2 Å². The number of alkyl halides is 1. The number of nitrogens with zero attached hydrogens (tertiary/aromatic N) is 1. The lowest BCUT2D eigenvalue weighted by Crippen LogP contribution is -2.46. The van der Waals surface area contributed by atoms with Gasteiger partial charge in [-0.15, -0.1) is 0 Å². The minimum atomic E-state index is -1.38. The van der Waals surface area contributed by atoms with Crippen molar-refractivity contribution in [2.75, 3.05) is 20.3 Å². The van der Waals surface area contributed by atoms with E-state index >= 15 is 0 Å². The van der Waals surface area contributed by atoms with Crippen LogP contribution in [0.25, 0.3) is 0 Å². The van der Waals surface area contributed by atoms with Gasteiger partial charge in [-0.25, -0.2) is 0 Å². The van der Waals surface area contributed by atoms with Crippen molar-refractivity contribution in [1.29, 1.82) is 0 Å². The number of likely N-dealkylation sites (N-methyl/N-ethyl adjacent to an activating group) is 1. The summed E-state index contributed by atoms with van der Waals surface area (Å²) in [5, 5.41) is 0.437. The van der Waals surface area contributed by atoms with Crippen molar-refractivity contribution in [3.8, 4) is 0 Å². The zero-order valence-electron chi connectivity index (χ0n) is 23.7. The Balaban J connectivity index is 1.76. The van der Waals surface area contributed by atoms with Crippen LogP contribution in [0.15, 0.2) is 115 Å². The van der Waals surface area contributed by atoms with E-state index in [2.05, 4.69) is 0 Å². The molecule has 0 heterocycles. The molecule has 0 radical (unpaired) electrons. The molecule has 0 saturated heterocycles. The predicted octanol–water partition coefficient (Wildman–Crippen LogP) is 6.57. The second kappa shape index (κ2) is 14.8. The highest BCUT2D eigenvalue weighted by Crippen LogP contribution is 2.44.